The number of aliphatic hydroxyl groups excluding tert-OH is 1. The molecule has 1 aliphatic heterocycles. The molecule has 1 aromatic rings. The van der Waals surface area contributed by atoms with Gasteiger partial charge in [0.05, 0.1) is 6.26 Å². The average molecular weight is 370 g/mol. The molecule has 0 bridgehead atoms. The van der Waals surface area contributed by atoms with Crippen molar-refractivity contribution >= 4 is 15.8 Å². The molecule has 0 spiro atoms. The molecule has 0 amide bonds. The van der Waals surface area contributed by atoms with Crippen LogP contribution < -0.4 is 9.46 Å². The third kappa shape index (κ3) is 7.11. The smallest absolute Gasteiger partial charge is 0.208 e. The Morgan fingerprint density at radius 3 is 2.68 bits per heavy atom. The number of carbonyl (C=O) groups is 1. The van der Waals surface area contributed by atoms with Crippen molar-refractivity contribution in [3.63, 3.8) is 0 Å². The van der Waals surface area contributed by atoms with E-state index in [0.29, 0.717) is 24.4 Å². The topological polar surface area (TPSA) is 95.9 Å². The molecule has 7 nitrogen and oxygen atoms in total. The molecule has 1 fully saturated rings. The highest BCUT2D eigenvalue weighted by molar-refractivity contribution is 7.88. The molecule has 140 valence electrons. The lowest BCUT2D eigenvalue weighted by molar-refractivity contribution is 0.0577. The van der Waals surface area contributed by atoms with Gasteiger partial charge in [0.2, 0.25) is 10.0 Å². The van der Waals surface area contributed by atoms with E-state index in [4.69, 9.17) is 4.74 Å². The number of sulfonamides is 1. The molecule has 2 N–H and O–H groups in total. The van der Waals surface area contributed by atoms with Crippen molar-refractivity contribution in [2.24, 2.45) is 0 Å². The maximum atomic E-state index is 11.3. The zero-order chi connectivity index (χ0) is 18.4. The molecule has 0 aromatic heterocycles. The molecule has 8 heteroatoms. The first-order valence-electron chi connectivity index (χ1n) is 8.34. The highest BCUT2D eigenvalue weighted by Gasteiger charge is 2.23. The first-order valence-corrected chi connectivity index (χ1v) is 10.2. The number of piperidine rings is 1. The molecule has 1 aliphatic rings. The number of carbonyl (C=O) groups excluding carboxylic acids is 1. The monoisotopic (exact) mass is 370 g/mol. The van der Waals surface area contributed by atoms with Crippen molar-refractivity contribution in [2.45, 2.75) is 31.9 Å². The Morgan fingerprint density at radius 2 is 2.08 bits per heavy atom. The van der Waals surface area contributed by atoms with Crippen LogP contribution in [-0.4, -0.2) is 68.9 Å². The molecule has 25 heavy (non-hydrogen) atoms. The second kappa shape index (κ2) is 8.75. The van der Waals surface area contributed by atoms with Gasteiger partial charge in [0, 0.05) is 24.7 Å². The maximum Gasteiger partial charge on any atom is 0.208 e. The summed E-state index contributed by atoms with van der Waals surface area (Å²) in [7, 11) is -3.22. The van der Waals surface area contributed by atoms with Crippen LogP contribution in [0.1, 0.15) is 30.1 Å². The van der Waals surface area contributed by atoms with Crippen molar-refractivity contribution in [3.8, 4) is 5.75 Å². The number of rotatable bonds is 8. The van der Waals surface area contributed by atoms with Crippen molar-refractivity contribution in [2.75, 3.05) is 32.5 Å². The van der Waals surface area contributed by atoms with Crippen molar-refractivity contribution in [3.05, 3.63) is 29.8 Å². The van der Waals surface area contributed by atoms with E-state index in [2.05, 4.69) is 4.72 Å². The number of ketones is 1. The number of ether oxygens (including phenoxy) is 1. The zero-order valence-electron chi connectivity index (χ0n) is 14.6. The number of hydrogen-bond acceptors (Lipinski definition) is 6. The fourth-order valence-electron chi connectivity index (χ4n) is 2.95. The van der Waals surface area contributed by atoms with Crippen LogP contribution in [0.5, 0.6) is 5.75 Å². The van der Waals surface area contributed by atoms with Crippen LogP contribution in [0.4, 0.5) is 0 Å². The van der Waals surface area contributed by atoms with Gasteiger partial charge in [-0.1, -0.05) is 0 Å². The van der Waals surface area contributed by atoms with Gasteiger partial charge in [-0.05, 0) is 50.6 Å². The number of Topliss-reactive ketones (excluding diaryl/α,β-unsaturated/α-hetero) is 1. The van der Waals surface area contributed by atoms with Crippen molar-refractivity contribution < 1.29 is 23.1 Å². The Bertz CT molecular complexity index is 675. The summed E-state index contributed by atoms with van der Waals surface area (Å²) in [5.41, 5.74) is 0.616. The van der Waals surface area contributed by atoms with Gasteiger partial charge in [-0.2, -0.15) is 0 Å². The first kappa shape index (κ1) is 19.8. The molecule has 0 saturated carbocycles. The van der Waals surface area contributed by atoms with Gasteiger partial charge in [0.1, 0.15) is 18.5 Å². The van der Waals surface area contributed by atoms with E-state index >= 15 is 0 Å². The maximum absolute atomic E-state index is 11.3. The lowest BCUT2D eigenvalue weighted by Crippen LogP contribution is -2.49. The predicted octanol–water partition coefficient (Wildman–Crippen LogP) is 0.643. The third-order valence-corrected chi connectivity index (χ3v) is 4.82. The quantitative estimate of drug-likeness (QED) is 0.652. The summed E-state index contributed by atoms with van der Waals surface area (Å²) in [6.07, 6.45) is 2.17. The van der Waals surface area contributed by atoms with E-state index in [1.165, 1.54) is 6.92 Å². The summed E-state index contributed by atoms with van der Waals surface area (Å²) >= 11 is 0. The van der Waals surface area contributed by atoms with E-state index < -0.39 is 16.1 Å². The van der Waals surface area contributed by atoms with Crippen LogP contribution in [-0.2, 0) is 10.0 Å². The van der Waals surface area contributed by atoms with E-state index in [0.717, 1.165) is 25.6 Å². The number of nitrogens with zero attached hydrogens (tertiary/aromatic N) is 1. The van der Waals surface area contributed by atoms with Crippen LogP contribution in [0.15, 0.2) is 24.3 Å². The molecule has 1 aromatic carbocycles. The minimum absolute atomic E-state index is 0.00561. The number of likely N-dealkylation sites (tertiary alicyclic amines) is 1. The van der Waals surface area contributed by atoms with Crippen LogP contribution >= 0.6 is 0 Å². The molecule has 1 saturated heterocycles. The fraction of sp³-hybridized carbons (Fsp3) is 0.588. The minimum Gasteiger partial charge on any atom is -0.491 e. The molecule has 0 radical (unpaired) electrons. The normalized spacial score (nSPS) is 20.2. The van der Waals surface area contributed by atoms with Crippen LogP contribution in [0.2, 0.25) is 0 Å². The van der Waals surface area contributed by atoms with E-state index in [-0.39, 0.29) is 18.4 Å². The summed E-state index contributed by atoms with van der Waals surface area (Å²) in [5, 5.41) is 10.2. The van der Waals surface area contributed by atoms with Gasteiger partial charge in [0.25, 0.3) is 0 Å². The Hall–Kier alpha value is -1.48. The molecule has 0 aliphatic carbocycles. The number of β-amino-alcohol motifs (C(OH)–C–C–N with tert-alkyl or cyclic N) is 1. The van der Waals surface area contributed by atoms with Gasteiger partial charge in [0.15, 0.2) is 5.78 Å². The van der Waals surface area contributed by atoms with Gasteiger partial charge >= 0.3 is 0 Å². The number of benzene rings is 1. The van der Waals surface area contributed by atoms with E-state index in [9.17, 15) is 18.3 Å². The molecule has 2 rings (SSSR count). The van der Waals surface area contributed by atoms with Gasteiger partial charge in [-0.15, -0.1) is 0 Å². The Morgan fingerprint density at radius 1 is 1.40 bits per heavy atom. The van der Waals surface area contributed by atoms with E-state index in [1.807, 2.05) is 4.90 Å². The summed E-state index contributed by atoms with van der Waals surface area (Å²) in [4.78, 5) is 13.3. The minimum atomic E-state index is -3.22. The van der Waals surface area contributed by atoms with E-state index in [1.54, 1.807) is 24.3 Å². The third-order valence-electron chi connectivity index (χ3n) is 4.06. The van der Waals surface area contributed by atoms with Gasteiger partial charge in [-0.3, -0.25) is 9.69 Å². The number of aliphatic hydroxyl groups is 1. The molecular formula is C17H26N2O5S. The summed E-state index contributed by atoms with van der Waals surface area (Å²) in [5.74, 6) is 0.591. The SMILES string of the molecule is CC(=O)c1ccc(OCC(O)CN2CCCC(NS(C)(=O)=O)C2)cc1. The highest BCUT2D eigenvalue weighted by Crippen LogP contribution is 2.14. The van der Waals surface area contributed by atoms with Crippen LogP contribution in [0.25, 0.3) is 0 Å². The number of nitrogens with one attached hydrogen (secondary N) is 1. The Balaban J connectivity index is 1.77. The Kier molecular flexibility index (Phi) is 6.95. The zero-order valence-corrected chi connectivity index (χ0v) is 15.5. The van der Waals surface area contributed by atoms with Crippen molar-refractivity contribution in [1.82, 2.24) is 9.62 Å². The van der Waals surface area contributed by atoms with Gasteiger partial charge < -0.3 is 9.84 Å². The standard InChI is InChI=1S/C17H26N2O5S/c1-13(20)14-5-7-17(8-6-14)24-12-16(21)11-19-9-3-4-15(10-19)18-25(2,22)23/h5-8,15-16,18,21H,3-4,9-12H2,1-2H3. The Labute approximate surface area is 149 Å². The predicted molar refractivity (Wildman–Crippen MR) is 95.4 cm³/mol. The second-order valence-corrected chi connectivity index (χ2v) is 8.31. The molecular weight excluding hydrogens is 344 g/mol. The highest BCUT2D eigenvalue weighted by atomic mass is 32.2. The summed E-state index contributed by atoms with van der Waals surface area (Å²) in [6.45, 7) is 3.47. The van der Waals surface area contributed by atoms with Crippen molar-refractivity contribution in [1.29, 1.82) is 0 Å². The van der Waals surface area contributed by atoms with Crippen LogP contribution in [0, 0.1) is 0 Å². The molecule has 2 unspecified atom stereocenters. The number of hydrogen-bond donors (Lipinski definition) is 2. The van der Waals surface area contributed by atoms with Gasteiger partial charge in [-0.25, -0.2) is 13.1 Å². The largest absolute Gasteiger partial charge is 0.491 e. The average Bonchev–Trinajstić information content (AvgIpc) is 2.52. The summed E-state index contributed by atoms with van der Waals surface area (Å²) < 4.78 is 30.8. The first-order chi connectivity index (χ1) is 11.7. The lowest BCUT2D eigenvalue weighted by Gasteiger charge is -2.33. The molecule has 1 heterocycles. The summed E-state index contributed by atoms with van der Waals surface area (Å²) in [6, 6.07) is 6.68. The molecule has 2 atom stereocenters. The van der Waals surface area contributed by atoms with Crippen LogP contribution in [0.3, 0.4) is 0 Å². The lowest BCUT2D eigenvalue weighted by atomic mass is 10.1. The fourth-order valence-corrected chi connectivity index (χ4v) is 3.75. The second-order valence-electron chi connectivity index (χ2n) is 6.53.